The minimum atomic E-state index is 0.513. The van der Waals surface area contributed by atoms with E-state index >= 15 is 0 Å². The smallest absolute Gasteiger partial charge is 0.213 e. The van der Waals surface area contributed by atoms with Crippen molar-refractivity contribution in [2.75, 3.05) is 6.61 Å². The van der Waals surface area contributed by atoms with Gasteiger partial charge in [-0.05, 0) is 13.0 Å². The zero-order chi connectivity index (χ0) is 9.97. The SMILES string of the molecule is CCOc1cc2cc(CN)[nH]c2cn1. The fourth-order valence-corrected chi connectivity index (χ4v) is 1.41. The second kappa shape index (κ2) is 3.67. The molecule has 0 amide bonds. The first-order valence-corrected chi connectivity index (χ1v) is 4.64. The molecule has 0 bridgehead atoms. The maximum Gasteiger partial charge on any atom is 0.213 e. The van der Waals surface area contributed by atoms with Crippen molar-refractivity contribution in [1.82, 2.24) is 9.97 Å². The van der Waals surface area contributed by atoms with Crippen LogP contribution in [0.4, 0.5) is 0 Å². The van der Waals surface area contributed by atoms with E-state index in [1.807, 2.05) is 19.1 Å². The van der Waals surface area contributed by atoms with Crippen molar-refractivity contribution in [2.45, 2.75) is 13.5 Å². The predicted molar refractivity (Wildman–Crippen MR) is 55.2 cm³/mol. The molecule has 3 N–H and O–H groups in total. The Morgan fingerprint density at radius 2 is 2.36 bits per heavy atom. The lowest BCUT2D eigenvalue weighted by molar-refractivity contribution is 0.327. The van der Waals surface area contributed by atoms with Gasteiger partial charge in [-0.1, -0.05) is 0 Å². The van der Waals surface area contributed by atoms with E-state index in [9.17, 15) is 0 Å². The molecular weight excluding hydrogens is 178 g/mol. The Bertz CT molecular complexity index is 436. The minimum absolute atomic E-state index is 0.513. The second-order valence-corrected chi connectivity index (χ2v) is 3.04. The Morgan fingerprint density at radius 3 is 3.07 bits per heavy atom. The van der Waals surface area contributed by atoms with Gasteiger partial charge in [0.05, 0.1) is 18.3 Å². The van der Waals surface area contributed by atoms with E-state index in [4.69, 9.17) is 10.5 Å². The molecule has 0 aliphatic carbocycles. The number of ether oxygens (including phenoxy) is 1. The lowest BCUT2D eigenvalue weighted by Crippen LogP contribution is -1.95. The topological polar surface area (TPSA) is 63.9 Å². The number of fused-ring (bicyclic) bond motifs is 1. The van der Waals surface area contributed by atoms with Crippen molar-refractivity contribution in [3.8, 4) is 5.88 Å². The number of aromatic nitrogens is 2. The lowest BCUT2D eigenvalue weighted by Gasteiger charge is -1.99. The molecule has 0 aromatic carbocycles. The van der Waals surface area contributed by atoms with Crippen molar-refractivity contribution in [1.29, 1.82) is 0 Å². The fraction of sp³-hybridized carbons (Fsp3) is 0.300. The third-order valence-corrected chi connectivity index (χ3v) is 2.05. The lowest BCUT2D eigenvalue weighted by atomic mass is 10.3. The summed E-state index contributed by atoms with van der Waals surface area (Å²) in [4.78, 5) is 7.32. The molecule has 4 nitrogen and oxygen atoms in total. The first-order chi connectivity index (χ1) is 6.83. The normalized spacial score (nSPS) is 10.7. The zero-order valence-electron chi connectivity index (χ0n) is 8.08. The van der Waals surface area contributed by atoms with E-state index in [-0.39, 0.29) is 0 Å². The van der Waals surface area contributed by atoms with Crippen LogP contribution in [0.3, 0.4) is 0 Å². The molecule has 2 heterocycles. The van der Waals surface area contributed by atoms with E-state index in [2.05, 4.69) is 9.97 Å². The number of aromatic amines is 1. The van der Waals surface area contributed by atoms with Crippen LogP contribution in [-0.2, 0) is 6.54 Å². The summed E-state index contributed by atoms with van der Waals surface area (Å²) >= 11 is 0. The Hall–Kier alpha value is -1.55. The number of rotatable bonds is 3. The van der Waals surface area contributed by atoms with Crippen LogP contribution in [0.2, 0.25) is 0 Å². The van der Waals surface area contributed by atoms with Crippen LogP contribution < -0.4 is 10.5 Å². The van der Waals surface area contributed by atoms with Crippen LogP contribution in [0, 0.1) is 0 Å². The summed E-state index contributed by atoms with van der Waals surface area (Å²) in [5.74, 6) is 0.655. The van der Waals surface area contributed by atoms with Crippen molar-refractivity contribution in [3.05, 3.63) is 24.0 Å². The molecule has 2 aromatic heterocycles. The van der Waals surface area contributed by atoms with Crippen molar-refractivity contribution < 1.29 is 4.74 Å². The van der Waals surface area contributed by atoms with Gasteiger partial charge in [0.15, 0.2) is 0 Å². The highest BCUT2D eigenvalue weighted by Crippen LogP contribution is 2.18. The first-order valence-electron chi connectivity index (χ1n) is 4.64. The van der Waals surface area contributed by atoms with E-state index in [1.54, 1.807) is 6.20 Å². The number of hydrogen-bond donors (Lipinski definition) is 2. The van der Waals surface area contributed by atoms with Crippen molar-refractivity contribution in [3.63, 3.8) is 0 Å². The van der Waals surface area contributed by atoms with Crippen LogP contribution in [0.25, 0.3) is 10.9 Å². The molecule has 74 valence electrons. The van der Waals surface area contributed by atoms with Gasteiger partial charge in [-0.2, -0.15) is 0 Å². The molecule has 0 unspecified atom stereocenters. The molecule has 0 fully saturated rings. The largest absolute Gasteiger partial charge is 0.478 e. The Labute approximate surface area is 82.1 Å². The molecule has 2 aromatic rings. The van der Waals surface area contributed by atoms with Gasteiger partial charge in [0.1, 0.15) is 0 Å². The molecule has 0 atom stereocenters. The van der Waals surface area contributed by atoms with Crippen LogP contribution in [0.1, 0.15) is 12.6 Å². The molecule has 0 aliphatic heterocycles. The predicted octanol–water partition coefficient (Wildman–Crippen LogP) is 1.42. The Balaban J connectivity index is 2.43. The summed E-state index contributed by atoms with van der Waals surface area (Å²) in [5.41, 5.74) is 7.53. The fourth-order valence-electron chi connectivity index (χ4n) is 1.41. The summed E-state index contributed by atoms with van der Waals surface area (Å²) in [6, 6.07) is 3.92. The van der Waals surface area contributed by atoms with Gasteiger partial charge in [0.2, 0.25) is 5.88 Å². The monoisotopic (exact) mass is 191 g/mol. The second-order valence-electron chi connectivity index (χ2n) is 3.04. The number of hydrogen-bond acceptors (Lipinski definition) is 3. The van der Waals surface area contributed by atoms with Crippen LogP contribution in [0.5, 0.6) is 5.88 Å². The van der Waals surface area contributed by atoms with Gasteiger partial charge in [-0.15, -0.1) is 0 Å². The molecule has 0 aliphatic rings. The van der Waals surface area contributed by atoms with Crippen molar-refractivity contribution >= 4 is 10.9 Å². The zero-order valence-corrected chi connectivity index (χ0v) is 8.08. The van der Waals surface area contributed by atoms with E-state index < -0.39 is 0 Å². The molecule has 0 radical (unpaired) electrons. The van der Waals surface area contributed by atoms with E-state index in [0.29, 0.717) is 19.0 Å². The summed E-state index contributed by atoms with van der Waals surface area (Å²) in [5, 5.41) is 1.09. The van der Waals surface area contributed by atoms with Crippen LogP contribution in [0.15, 0.2) is 18.3 Å². The third-order valence-electron chi connectivity index (χ3n) is 2.05. The summed E-state index contributed by atoms with van der Waals surface area (Å²) in [7, 11) is 0. The maximum absolute atomic E-state index is 5.53. The summed E-state index contributed by atoms with van der Waals surface area (Å²) in [6.07, 6.45) is 1.76. The first kappa shape index (κ1) is 9.02. The third kappa shape index (κ3) is 1.56. The van der Waals surface area contributed by atoms with Gasteiger partial charge in [0.25, 0.3) is 0 Å². The van der Waals surface area contributed by atoms with Gasteiger partial charge in [0, 0.05) is 23.7 Å². The van der Waals surface area contributed by atoms with Crippen LogP contribution >= 0.6 is 0 Å². The number of pyridine rings is 1. The Morgan fingerprint density at radius 1 is 1.50 bits per heavy atom. The molecule has 0 spiro atoms. The highest BCUT2D eigenvalue weighted by molar-refractivity contribution is 5.80. The molecule has 4 heteroatoms. The number of nitrogens with zero attached hydrogens (tertiary/aromatic N) is 1. The average molecular weight is 191 g/mol. The van der Waals surface area contributed by atoms with Gasteiger partial charge in [-0.3, -0.25) is 0 Å². The summed E-state index contributed by atoms with van der Waals surface area (Å²) < 4.78 is 5.30. The number of H-pyrrole nitrogens is 1. The molecular formula is C10H13N3O. The number of nitrogens with two attached hydrogens (primary N) is 1. The van der Waals surface area contributed by atoms with Gasteiger partial charge >= 0.3 is 0 Å². The van der Waals surface area contributed by atoms with Crippen LogP contribution in [-0.4, -0.2) is 16.6 Å². The van der Waals surface area contributed by atoms with Crippen molar-refractivity contribution in [2.24, 2.45) is 5.73 Å². The summed E-state index contributed by atoms with van der Waals surface area (Å²) in [6.45, 7) is 3.08. The average Bonchev–Trinajstić information content (AvgIpc) is 2.60. The molecule has 2 rings (SSSR count). The maximum atomic E-state index is 5.53. The van der Waals surface area contributed by atoms with E-state index in [0.717, 1.165) is 16.6 Å². The van der Waals surface area contributed by atoms with Gasteiger partial charge < -0.3 is 15.5 Å². The number of nitrogens with one attached hydrogen (secondary N) is 1. The molecule has 0 saturated carbocycles. The molecule has 14 heavy (non-hydrogen) atoms. The van der Waals surface area contributed by atoms with E-state index in [1.165, 1.54) is 0 Å². The quantitative estimate of drug-likeness (QED) is 0.771. The highest BCUT2D eigenvalue weighted by atomic mass is 16.5. The highest BCUT2D eigenvalue weighted by Gasteiger charge is 2.01. The standard InChI is InChI=1S/C10H13N3O/c1-2-14-10-4-7-3-8(5-11)13-9(7)6-12-10/h3-4,6,13H,2,5,11H2,1H3. The minimum Gasteiger partial charge on any atom is -0.478 e. The molecule has 0 saturated heterocycles. The van der Waals surface area contributed by atoms with Gasteiger partial charge in [-0.25, -0.2) is 4.98 Å². The Kier molecular flexibility index (Phi) is 2.37.